The molecule has 3 aliphatic heterocycles. The van der Waals surface area contributed by atoms with Crippen LogP contribution in [-0.4, -0.2) is 59.6 Å². The molecule has 0 radical (unpaired) electrons. The number of methoxy groups -OCH3 is 1. The van der Waals surface area contributed by atoms with E-state index >= 15 is 0 Å². The number of hydrogen-bond donors (Lipinski definition) is 0. The van der Waals surface area contributed by atoms with E-state index in [1.165, 1.54) is 21.6 Å². The van der Waals surface area contributed by atoms with E-state index in [1.807, 2.05) is 28.6 Å². The van der Waals surface area contributed by atoms with Crippen molar-refractivity contribution in [3.63, 3.8) is 0 Å². The van der Waals surface area contributed by atoms with E-state index in [0.29, 0.717) is 19.8 Å². The summed E-state index contributed by atoms with van der Waals surface area (Å²) in [6.45, 7) is 3.23. The number of carbonyl (C=O) groups is 2. The highest BCUT2D eigenvalue weighted by Crippen LogP contribution is 2.44. The Morgan fingerprint density at radius 3 is 2.62 bits per heavy atom. The van der Waals surface area contributed by atoms with Crippen LogP contribution in [0.1, 0.15) is 29.7 Å². The Balaban J connectivity index is 1.66. The first kappa shape index (κ1) is 21.2. The fourth-order valence-corrected chi connectivity index (χ4v) is 5.96. The van der Waals surface area contributed by atoms with E-state index in [-0.39, 0.29) is 17.7 Å². The topological polar surface area (TPSA) is 53.1 Å². The second-order valence-electron chi connectivity index (χ2n) is 8.43. The largest absolute Gasteiger partial charge is 0.383 e. The summed E-state index contributed by atoms with van der Waals surface area (Å²) in [6, 6.07) is 16.4. The van der Waals surface area contributed by atoms with E-state index in [0.717, 1.165) is 5.75 Å². The average Bonchev–Trinajstić information content (AvgIpc) is 2.98. The fraction of sp³-hybridized carbons (Fsp3) is 0.360. The molecule has 166 valence electrons. The zero-order valence-electron chi connectivity index (χ0n) is 18.3. The number of allylic oxidation sites excluding steroid dienone is 1. The maximum atomic E-state index is 13.4. The van der Waals surface area contributed by atoms with Crippen LogP contribution in [0, 0.1) is 5.92 Å². The molecule has 0 aliphatic carbocycles. The number of nitrogens with zero attached hydrogens (tertiary/aromatic N) is 3. The van der Waals surface area contributed by atoms with Crippen LogP contribution in [0.5, 0.6) is 0 Å². The van der Waals surface area contributed by atoms with Gasteiger partial charge in [-0.3, -0.25) is 14.6 Å². The maximum absolute atomic E-state index is 13.4. The molecule has 1 saturated heterocycles. The van der Waals surface area contributed by atoms with Crippen molar-refractivity contribution in [2.45, 2.75) is 29.7 Å². The van der Waals surface area contributed by atoms with E-state index in [2.05, 4.69) is 53.5 Å². The molecule has 0 spiro atoms. The lowest BCUT2D eigenvalue weighted by Crippen LogP contribution is -2.67. The molecule has 3 atom stereocenters. The Labute approximate surface area is 192 Å². The molecule has 3 unspecified atom stereocenters. The van der Waals surface area contributed by atoms with Crippen LogP contribution < -0.4 is 0 Å². The third-order valence-corrected chi connectivity index (χ3v) is 7.72. The van der Waals surface area contributed by atoms with Crippen LogP contribution >= 0.6 is 11.8 Å². The predicted molar refractivity (Wildman–Crippen MR) is 124 cm³/mol. The molecule has 1 fully saturated rings. The molecule has 6 nitrogen and oxygen atoms in total. The van der Waals surface area contributed by atoms with Crippen molar-refractivity contribution in [3.05, 3.63) is 77.5 Å². The van der Waals surface area contributed by atoms with Crippen molar-refractivity contribution in [2.24, 2.45) is 5.92 Å². The van der Waals surface area contributed by atoms with Gasteiger partial charge in [-0.1, -0.05) is 49.4 Å². The first-order chi connectivity index (χ1) is 15.6. The van der Waals surface area contributed by atoms with Crippen LogP contribution in [0.4, 0.5) is 0 Å². The number of hydrazine groups is 1. The van der Waals surface area contributed by atoms with Gasteiger partial charge in [-0.25, -0.2) is 0 Å². The highest BCUT2D eigenvalue weighted by atomic mass is 32.2. The van der Waals surface area contributed by atoms with Gasteiger partial charge >= 0.3 is 0 Å². The summed E-state index contributed by atoms with van der Waals surface area (Å²) in [4.78, 5) is 29.0. The quantitative estimate of drug-likeness (QED) is 0.713. The average molecular weight is 450 g/mol. The van der Waals surface area contributed by atoms with Gasteiger partial charge in [0.1, 0.15) is 6.04 Å². The van der Waals surface area contributed by atoms with Gasteiger partial charge in [0, 0.05) is 36.4 Å². The Morgan fingerprint density at radius 1 is 1.06 bits per heavy atom. The summed E-state index contributed by atoms with van der Waals surface area (Å²) in [7, 11) is 1.64. The predicted octanol–water partition coefficient (Wildman–Crippen LogP) is 3.45. The monoisotopic (exact) mass is 449 g/mol. The fourth-order valence-electron chi connectivity index (χ4n) is 4.87. The van der Waals surface area contributed by atoms with E-state index in [1.54, 1.807) is 19.4 Å². The van der Waals surface area contributed by atoms with Gasteiger partial charge in [-0.2, -0.15) is 5.01 Å². The first-order valence-electron chi connectivity index (χ1n) is 10.9. The molecular formula is C25H27N3O3S. The van der Waals surface area contributed by atoms with Crippen molar-refractivity contribution in [2.75, 3.05) is 26.9 Å². The highest BCUT2D eigenvalue weighted by molar-refractivity contribution is 7.98. The number of fused-ring (bicyclic) bond motifs is 3. The van der Waals surface area contributed by atoms with Crippen molar-refractivity contribution >= 4 is 23.5 Å². The van der Waals surface area contributed by atoms with Crippen molar-refractivity contribution in [1.29, 1.82) is 0 Å². The number of rotatable bonds is 4. The normalized spacial score (nSPS) is 25.2. The van der Waals surface area contributed by atoms with Crippen LogP contribution in [0.2, 0.25) is 0 Å². The van der Waals surface area contributed by atoms with E-state index < -0.39 is 12.0 Å². The first-order valence-corrected chi connectivity index (χ1v) is 11.9. The summed E-state index contributed by atoms with van der Waals surface area (Å²) < 4.78 is 5.28. The minimum absolute atomic E-state index is 0.00892. The smallest absolute Gasteiger partial charge is 0.248 e. The molecule has 1 amide bonds. The zero-order valence-corrected chi connectivity index (χ0v) is 19.1. The van der Waals surface area contributed by atoms with Gasteiger partial charge in [0.25, 0.3) is 0 Å². The number of benzene rings is 2. The lowest BCUT2D eigenvalue weighted by Gasteiger charge is -2.53. The number of carbonyl (C=O) groups excluding carboxylic acids is 2. The summed E-state index contributed by atoms with van der Waals surface area (Å²) in [5.41, 5.74) is 3.75. The van der Waals surface area contributed by atoms with E-state index in [9.17, 15) is 9.59 Å². The van der Waals surface area contributed by atoms with Crippen molar-refractivity contribution in [1.82, 2.24) is 14.9 Å². The third kappa shape index (κ3) is 3.54. The Kier molecular flexibility index (Phi) is 5.80. The number of ether oxygens (including phenoxy) is 1. The molecule has 5 rings (SSSR count). The minimum Gasteiger partial charge on any atom is -0.383 e. The number of amides is 1. The summed E-state index contributed by atoms with van der Waals surface area (Å²) >= 11 is 1.85. The molecule has 2 aromatic rings. The zero-order chi connectivity index (χ0) is 22.2. The molecule has 3 heterocycles. The maximum Gasteiger partial charge on any atom is 0.248 e. The SMILES string of the molecule is COCCN1CN(C2c3ccccc3CSc3ccccc32)N2C=CC(=O)C(C)C2C1=O. The molecule has 3 aliphatic rings. The Morgan fingerprint density at radius 2 is 1.81 bits per heavy atom. The number of hydrogen-bond acceptors (Lipinski definition) is 6. The van der Waals surface area contributed by atoms with Crippen LogP contribution in [0.15, 0.2) is 65.7 Å². The standard InChI is InChI=1S/C25H27N3O3S/c1-17-21(29)11-12-27-23(17)25(30)26(13-14-31-2)16-28(27)24-19-8-4-3-7-18(19)15-32-22-10-6-5-9-20(22)24/h3-12,17,23-24H,13-16H2,1-2H3. The summed E-state index contributed by atoms with van der Waals surface area (Å²) in [5.74, 6) is 0.460. The Bertz CT molecular complexity index is 1020. The molecule has 2 aromatic carbocycles. The van der Waals surface area contributed by atoms with E-state index in [4.69, 9.17) is 4.74 Å². The van der Waals surface area contributed by atoms with Gasteiger partial charge in [-0.15, -0.1) is 11.8 Å². The van der Waals surface area contributed by atoms with Crippen LogP contribution in [-0.2, 0) is 20.1 Å². The Hall–Kier alpha value is -2.61. The van der Waals surface area contributed by atoms with Crippen LogP contribution in [0.3, 0.4) is 0 Å². The highest BCUT2D eigenvalue weighted by Gasteiger charge is 2.47. The summed E-state index contributed by atoms with van der Waals surface area (Å²) in [5, 5.41) is 4.26. The summed E-state index contributed by atoms with van der Waals surface area (Å²) in [6.07, 6.45) is 3.40. The molecule has 32 heavy (non-hydrogen) atoms. The van der Waals surface area contributed by atoms with Crippen molar-refractivity contribution < 1.29 is 14.3 Å². The van der Waals surface area contributed by atoms with Gasteiger partial charge < -0.3 is 9.64 Å². The van der Waals surface area contributed by atoms with Gasteiger partial charge in [0.15, 0.2) is 5.78 Å². The van der Waals surface area contributed by atoms with Gasteiger partial charge in [0.2, 0.25) is 5.91 Å². The molecule has 0 saturated carbocycles. The number of thioether (sulfide) groups is 1. The van der Waals surface area contributed by atoms with Crippen LogP contribution in [0.25, 0.3) is 0 Å². The molecule has 0 bridgehead atoms. The minimum atomic E-state index is -0.548. The second-order valence-corrected chi connectivity index (χ2v) is 9.45. The third-order valence-electron chi connectivity index (χ3n) is 6.59. The molecule has 0 N–H and O–H groups in total. The molecule has 7 heteroatoms. The second kappa shape index (κ2) is 8.73. The number of ketones is 1. The lowest BCUT2D eigenvalue weighted by molar-refractivity contribution is -0.179. The van der Waals surface area contributed by atoms with Crippen molar-refractivity contribution in [3.8, 4) is 0 Å². The molecular weight excluding hydrogens is 422 g/mol. The lowest BCUT2D eigenvalue weighted by atomic mass is 9.90. The molecule has 0 aromatic heterocycles. The van der Waals surface area contributed by atoms with Gasteiger partial charge in [0.05, 0.1) is 19.3 Å². The van der Waals surface area contributed by atoms with Gasteiger partial charge in [-0.05, 0) is 28.8 Å².